The summed E-state index contributed by atoms with van der Waals surface area (Å²) in [5, 5.41) is 4.88. The molecule has 3 aromatic carbocycles. The molecule has 1 N–H and O–H groups in total. The molecule has 0 saturated heterocycles. The van der Waals surface area contributed by atoms with E-state index in [1.54, 1.807) is 14.2 Å². The van der Waals surface area contributed by atoms with Gasteiger partial charge in [0.2, 0.25) is 0 Å². The largest absolute Gasteiger partial charge is 0.496 e. The summed E-state index contributed by atoms with van der Waals surface area (Å²) in [6.45, 7) is 0.703. The van der Waals surface area contributed by atoms with E-state index in [4.69, 9.17) is 14.2 Å². The van der Waals surface area contributed by atoms with Gasteiger partial charge in [-0.05, 0) is 35.0 Å². The summed E-state index contributed by atoms with van der Waals surface area (Å²) in [5.74, 6) is 1.66. The Morgan fingerprint density at radius 2 is 1.46 bits per heavy atom. The summed E-state index contributed by atoms with van der Waals surface area (Å²) in [5.41, 5.74) is 0.503. The number of hydrogen-bond acceptors (Lipinski definition) is 4. The zero-order valence-corrected chi connectivity index (χ0v) is 14.8. The summed E-state index contributed by atoms with van der Waals surface area (Å²) in [6, 6.07) is 19.0. The van der Waals surface area contributed by atoms with Gasteiger partial charge in [0.25, 0.3) is 5.91 Å². The molecule has 0 atom stereocenters. The first-order valence-corrected chi connectivity index (χ1v) is 8.33. The number of carbonyl (C=O) groups excluding carboxylic acids is 1. The van der Waals surface area contributed by atoms with E-state index in [9.17, 15) is 4.79 Å². The van der Waals surface area contributed by atoms with E-state index in [1.165, 1.54) is 0 Å². The predicted octanol–water partition coefficient (Wildman–Crippen LogP) is 3.67. The third kappa shape index (κ3) is 3.88. The molecule has 0 heterocycles. The SMILES string of the molecule is COc1ccccc1OCCNC(=O)c1cc2ccccc2cc1OC. The van der Waals surface area contributed by atoms with Gasteiger partial charge in [-0.1, -0.05) is 36.4 Å². The lowest BCUT2D eigenvalue weighted by molar-refractivity contribution is 0.0944. The van der Waals surface area contributed by atoms with Crippen molar-refractivity contribution in [2.45, 2.75) is 0 Å². The van der Waals surface area contributed by atoms with Crippen LogP contribution in [0.3, 0.4) is 0 Å². The first-order valence-electron chi connectivity index (χ1n) is 8.33. The Hall–Kier alpha value is -3.21. The highest BCUT2D eigenvalue weighted by molar-refractivity contribution is 6.01. The van der Waals surface area contributed by atoms with Crippen molar-refractivity contribution in [1.82, 2.24) is 5.32 Å². The van der Waals surface area contributed by atoms with E-state index in [0.29, 0.717) is 36.0 Å². The number of ether oxygens (including phenoxy) is 3. The number of amides is 1. The molecule has 3 rings (SSSR count). The second-order valence-electron chi connectivity index (χ2n) is 5.65. The minimum absolute atomic E-state index is 0.198. The fourth-order valence-electron chi connectivity index (χ4n) is 2.72. The maximum Gasteiger partial charge on any atom is 0.255 e. The Labute approximate surface area is 152 Å². The van der Waals surface area contributed by atoms with Gasteiger partial charge in [0.05, 0.1) is 26.3 Å². The Morgan fingerprint density at radius 3 is 2.15 bits per heavy atom. The van der Waals surface area contributed by atoms with Crippen LogP contribution < -0.4 is 19.5 Å². The van der Waals surface area contributed by atoms with Crippen molar-refractivity contribution in [3.63, 3.8) is 0 Å². The fourth-order valence-corrected chi connectivity index (χ4v) is 2.72. The van der Waals surface area contributed by atoms with Crippen molar-refractivity contribution in [1.29, 1.82) is 0 Å². The molecule has 5 heteroatoms. The van der Waals surface area contributed by atoms with Crippen molar-refractivity contribution in [3.8, 4) is 17.2 Å². The Morgan fingerprint density at radius 1 is 0.846 bits per heavy atom. The van der Waals surface area contributed by atoms with Crippen LogP contribution >= 0.6 is 0 Å². The Kier molecular flexibility index (Phi) is 5.59. The molecule has 3 aromatic rings. The maximum atomic E-state index is 12.5. The number of fused-ring (bicyclic) bond motifs is 1. The standard InChI is InChI=1S/C21H21NO4/c1-24-18-9-5-6-10-19(18)26-12-11-22-21(23)17-13-15-7-3-4-8-16(15)14-20(17)25-2/h3-10,13-14H,11-12H2,1-2H3,(H,22,23). The van der Waals surface area contributed by atoms with Crippen molar-refractivity contribution in [3.05, 3.63) is 66.2 Å². The average molecular weight is 351 g/mol. The molecule has 0 aliphatic heterocycles. The number of para-hydroxylation sites is 2. The van der Waals surface area contributed by atoms with Crippen LogP contribution in [0.2, 0.25) is 0 Å². The molecular weight excluding hydrogens is 330 g/mol. The first kappa shape index (κ1) is 17.6. The maximum absolute atomic E-state index is 12.5. The predicted molar refractivity (Wildman–Crippen MR) is 101 cm³/mol. The lowest BCUT2D eigenvalue weighted by Gasteiger charge is -2.12. The molecule has 1 amide bonds. The van der Waals surface area contributed by atoms with Crippen molar-refractivity contribution in [2.24, 2.45) is 0 Å². The number of methoxy groups -OCH3 is 2. The highest BCUT2D eigenvalue weighted by Crippen LogP contribution is 2.26. The lowest BCUT2D eigenvalue weighted by atomic mass is 10.1. The normalized spacial score (nSPS) is 10.4. The van der Waals surface area contributed by atoms with Crippen LogP contribution in [0.4, 0.5) is 0 Å². The minimum Gasteiger partial charge on any atom is -0.496 e. The smallest absolute Gasteiger partial charge is 0.255 e. The van der Waals surface area contributed by atoms with Gasteiger partial charge in [-0.2, -0.15) is 0 Å². The van der Waals surface area contributed by atoms with E-state index in [2.05, 4.69) is 5.32 Å². The number of nitrogens with one attached hydrogen (secondary N) is 1. The van der Waals surface area contributed by atoms with Crippen LogP contribution in [-0.2, 0) is 0 Å². The monoisotopic (exact) mass is 351 g/mol. The molecule has 0 aromatic heterocycles. The van der Waals surface area contributed by atoms with Gasteiger partial charge in [0.15, 0.2) is 11.5 Å². The molecule has 0 unspecified atom stereocenters. The number of rotatable bonds is 7. The number of carbonyl (C=O) groups is 1. The third-order valence-electron chi connectivity index (χ3n) is 4.03. The van der Waals surface area contributed by atoms with Crippen molar-refractivity contribution < 1.29 is 19.0 Å². The Balaban J connectivity index is 1.64. The quantitative estimate of drug-likeness (QED) is 0.660. The molecule has 26 heavy (non-hydrogen) atoms. The zero-order valence-electron chi connectivity index (χ0n) is 14.8. The zero-order chi connectivity index (χ0) is 18.4. The van der Waals surface area contributed by atoms with Crippen LogP contribution in [0.5, 0.6) is 17.2 Å². The molecular formula is C21H21NO4. The minimum atomic E-state index is -0.198. The molecule has 0 radical (unpaired) electrons. The van der Waals surface area contributed by atoms with E-state index in [1.807, 2.05) is 60.7 Å². The number of benzene rings is 3. The molecule has 0 aliphatic rings. The molecule has 5 nitrogen and oxygen atoms in total. The molecule has 0 fully saturated rings. The molecule has 0 saturated carbocycles. The van der Waals surface area contributed by atoms with Crippen LogP contribution in [0.1, 0.15) is 10.4 Å². The summed E-state index contributed by atoms with van der Waals surface area (Å²) >= 11 is 0. The van der Waals surface area contributed by atoms with Gasteiger partial charge in [-0.3, -0.25) is 4.79 Å². The van der Waals surface area contributed by atoms with Gasteiger partial charge in [-0.15, -0.1) is 0 Å². The summed E-state index contributed by atoms with van der Waals surface area (Å²) in [4.78, 5) is 12.5. The molecule has 0 aliphatic carbocycles. The summed E-state index contributed by atoms with van der Waals surface area (Å²) in [7, 11) is 3.15. The second-order valence-corrected chi connectivity index (χ2v) is 5.65. The highest BCUT2D eigenvalue weighted by atomic mass is 16.5. The van der Waals surface area contributed by atoms with Crippen LogP contribution in [-0.4, -0.2) is 33.3 Å². The first-order chi connectivity index (χ1) is 12.7. The van der Waals surface area contributed by atoms with Gasteiger partial charge in [0.1, 0.15) is 12.4 Å². The Bertz CT molecular complexity index is 907. The van der Waals surface area contributed by atoms with E-state index >= 15 is 0 Å². The topological polar surface area (TPSA) is 56.8 Å². The van der Waals surface area contributed by atoms with Crippen LogP contribution in [0, 0.1) is 0 Å². The summed E-state index contributed by atoms with van der Waals surface area (Å²) in [6.07, 6.45) is 0. The van der Waals surface area contributed by atoms with Crippen LogP contribution in [0.15, 0.2) is 60.7 Å². The van der Waals surface area contributed by atoms with Crippen LogP contribution in [0.25, 0.3) is 10.8 Å². The lowest BCUT2D eigenvalue weighted by Crippen LogP contribution is -2.28. The number of hydrogen-bond donors (Lipinski definition) is 1. The second kappa shape index (κ2) is 8.25. The van der Waals surface area contributed by atoms with Gasteiger partial charge in [-0.25, -0.2) is 0 Å². The summed E-state index contributed by atoms with van der Waals surface area (Å²) < 4.78 is 16.3. The fraction of sp³-hybridized carbons (Fsp3) is 0.190. The van der Waals surface area contributed by atoms with Gasteiger partial charge in [0, 0.05) is 0 Å². The van der Waals surface area contributed by atoms with E-state index < -0.39 is 0 Å². The third-order valence-corrected chi connectivity index (χ3v) is 4.03. The van der Waals surface area contributed by atoms with E-state index in [0.717, 1.165) is 10.8 Å². The van der Waals surface area contributed by atoms with Gasteiger partial charge >= 0.3 is 0 Å². The molecule has 0 spiro atoms. The molecule has 134 valence electrons. The molecule has 0 bridgehead atoms. The van der Waals surface area contributed by atoms with Crippen molar-refractivity contribution in [2.75, 3.05) is 27.4 Å². The highest BCUT2D eigenvalue weighted by Gasteiger charge is 2.13. The van der Waals surface area contributed by atoms with Crippen molar-refractivity contribution >= 4 is 16.7 Å². The average Bonchev–Trinajstić information content (AvgIpc) is 2.70. The van der Waals surface area contributed by atoms with E-state index in [-0.39, 0.29) is 5.91 Å². The van der Waals surface area contributed by atoms with Gasteiger partial charge < -0.3 is 19.5 Å².